The van der Waals surface area contributed by atoms with E-state index in [1.165, 1.54) is 12.8 Å². The Balaban J connectivity index is 1.30. The molecule has 2 fully saturated rings. The molecule has 0 unspecified atom stereocenters. The van der Waals surface area contributed by atoms with Crippen LogP contribution < -0.4 is 15.4 Å². The molecule has 1 aromatic rings. The highest BCUT2D eigenvalue weighted by Crippen LogP contribution is 2.29. The molecule has 0 spiro atoms. The summed E-state index contributed by atoms with van der Waals surface area (Å²) in [4.78, 5) is 9.03. The molecule has 7 nitrogen and oxygen atoms in total. The summed E-state index contributed by atoms with van der Waals surface area (Å²) in [6, 6.07) is 3.97. The van der Waals surface area contributed by atoms with Crippen LogP contribution in [0.5, 0.6) is 5.88 Å². The number of ether oxygens (including phenoxy) is 3. The van der Waals surface area contributed by atoms with Crippen molar-refractivity contribution in [1.82, 2.24) is 15.6 Å². The van der Waals surface area contributed by atoms with Crippen LogP contribution in [0.3, 0.4) is 0 Å². The van der Waals surface area contributed by atoms with Crippen LogP contribution in [0.25, 0.3) is 0 Å². The second kappa shape index (κ2) is 12.6. The van der Waals surface area contributed by atoms with E-state index in [1.54, 1.807) is 0 Å². The number of guanidine groups is 1. The molecule has 1 aliphatic heterocycles. The first-order valence-electron chi connectivity index (χ1n) is 11.1. The number of hydrogen-bond acceptors (Lipinski definition) is 5. The number of aromatic nitrogens is 1. The van der Waals surface area contributed by atoms with Gasteiger partial charge in [-0.1, -0.05) is 6.07 Å². The Morgan fingerprint density at radius 3 is 2.69 bits per heavy atom. The van der Waals surface area contributed by atoms with Gasteiger partial charge >= 0.3 is 0 Å². The number of rotatable bonds is 12. The van der Waals surface area contributed by atoms with Gasteiger partial charge in [0, 0.05) is 51.8 Å². The second-order valence-corrected chi connectivity index (χ2v) is 7.87. The molecule has 7 heteroatoms. The van der Waals surface area contributed by atoms with Crippen LogP contribution in [-0.2, 0) is 16.0 Å². The van der Waals surface area contributed by atoms with Crippen molar-refractivity contribution in [3.63, 3.8) is 0 Å². The fourth-order valence-electron chi connectivity index (χ4n) is 3.13. The zero-order chi connectivity index (χ0) is 20.2. The van der Waals surface area contributed by atoms with Gasteiger partial charge in [0.1, 0.15) is 0 Å². The van der Waals surface area contributed by atoms with E-state index in [0.717, 1.165) is 82.8 Å². The Bertz CT molecular complexity index is 599. The van der Waals surface area contributed by atoms with Gasteiger partial charge in [-0.05, 0) is 56.4 Å². The number of aliphatic imine (C=N–C) groups is 1. The van der Waals surface area contributed by atoms with Gasteiger partial charge in [-0.2, -0.15) is 0 Å². The molecule has 1 aliphatic carbocycles. The van der Waals surface area contributed by atoms with Gasteiger partial charge in [0.15, 0.2) is 5.96 Å². The van der Waals surface area contributed by atoms with Crippen molar-refractivity contribution in [2.45, 2.75) is 45.6 Å². The first kappa shape index (κ1) is 21.8. The Hall–Kier alpha value is -1.86. The summed E-state index contributed by atoms with van der Waals surface area (Å²) in [5.74, 6) is 2.93. The van der Waals surface area contributed by atoms with Crippen molar-refractivity contribution in [3.05, 3.63) is 23.9 Å². The normalized spacial score (nSPS) is 17.9. The lowest BCUT2D eigenvalue weighted by Gasteiger charge is -2.21. The highest BCUT2D eigenvalue weighted by molar-refractivity contribution is 5.79. The average Bonchev–Trinajstić information content (AvgIpc) is 3.59. The van der Waals surface area contributed by atoms with Crippen molar-refractivity contribution >= 4 is 5.96 Å². The van der Waals surface area contributed by atoms with E-state index >= 15 is 0 Å². The molecule has 0 aromatic carbocycles. The zero-order valence-electron chi connectivity index (χ0n) is 17.7. The van der Waals surface area contributed by atoms with Crippen LogP contribution in [0.15, 0.2) is 23.3 Å². The average molecular weight is 405 g/mol. The second-order valence-electron chi connectivity index (χ2n) is 7.87. The smallest absolute Gasteiger partial charge is 0.213 e. The molecule has 162 valence electrons. The van der Waals surface area contributed by atoms with E-state index in [4.69, 9.17) is 14.2 Å². The Morgan fingerprint density at radius 2 is 1.97 bits per heavy atom. The van der Waals surface area contributed by atoms with Crippen molar-refractivity contribution in [1.29, 1.82) is 0 Å². The molecule has 1 aromatic heterocycles. The summed E-state index contributed by atoms with van der Waals surface area (Å²) in [6.45, 7) is 8.50. The largest absolute Gasteiger partial charge is 0.477 e. The molecule has 0 atom stereocenters. The third-order valence-electron chi connectivity index (χ3n) is 5.18. The molecule has 0 bridgehead atoms. The van der Waals surface area contributed by atoms with Gasteiger partial charge in [0.25, 0.3) is 0 Å². The van der Waals surface area contributed by atoms with Gasteiger partial charge in [0.2, 0.25) is 5.88 Å². The molecule has 1 saturated carbocycles. The third-order valence-corrected chi connectivity index (χ3v) is 5.18. The van der Waals surface area contributed by atoms with Crippen LogP contribution in [0, 0.1) is 11.8 Å². The maximum atomic E-state index is 5.82. The van der Waals surface area contributed by atoms with Crippen molar-refractivity contribution in [3.8, 4) is 5.88 Å². The quantitative estimate of drug-likeness (QED) is 0.317. The minimum atomic E-state index is 0.589. The Labute approximate surface area is 174 Å². The molecule has 3 rings (SSSR count). The fourth-order valence-corrected chi connectivity index (χ4v) is 3.13. The lowest BCUT2D eigenvalue weighted by atomic mass is 10.0. The molecule has 0 radical (unpaired) electrons. The number of nitrogens with one attached hydrogen (secondary N) is 2. The molecular weight excluding hydrogens is 368 g/mol. The molecule has 29 heavy (non-hydrogen) atoms. The predicted octanol–water partition coefficient (Wildman–Crippen LogP) is 2.76. The van der Waals surface area contributed by atoms with Crippen LogP contribution >= 0.6 is 0 Å². The number of pyridine rings is 1. The van der Waals surface area contributed by atoms with E-state index in [-0.39, 0.29) is 0 Å². The maximum absolute atomic E-state index is 5.82. The highest BCUT2D eigenvalue weighted by atomic mass is 16.5. The van der Waals surface area contributed by atoms with Gasteiger partial charge in [0.05, 0.1) is 13.2 Å². The van der Waals surface area contributed by atoms with Gasteiger partial charge in [-0.3, -0.25) is 0 Å². The van der Waals surface area contributed by atoms with E-state index in [0.29, 0.717) is 18.3 Å². The predicted molar refractivity (Wildman–Crippen MR) is 114 cm³/mol. The SMILES string of the molecule is CCNC(=NCc1ccc(OCC2CC2)nc1)NCCCOCC1CCOCC1. The number of hydrogen-bond donors (Lipinski definition) is 2. The summed E-state index contributed by atoms with van der Waals surface area (Å²) in [7, 11) is 0. The zero-order valence-corrected chi connectivity index (χ0v) is 17.7. The third kappa shape index (κ3) is 9.00. The van der Waals surface area contributed by atoms with Gasteiger partial charge < -0.3 is 24.8 Å². The first-order valence-corrected chi connectivity index (χ1v) is 11.1. The minimum Gasteiger partial charge on any atom is -0.477 e. The van der Waals surface area contributed by atoms with E-state index < -0.39 is 0 Å². The summed E-state index contributed by atoms with van der Waals surface area (Å²) < 4.78 is 16.9. The van der Waals surface area contributed by atoms with Crippen molar-refractivity contribution in [2.24, 2.45) is 16.8 Å². The van der Waals surface area contributed by atoms with Crippen LogP contribution in [0.4, 0.5) is 0 Å². The monoisotopic (exact) mass is 404 g/mol. The lowest BCUT2D eigenvalue weighted by Crippen LogP contribution is -2.38. The Morgan fingerprint density at radius 1 is 1.14 bits per heavy atom. The molecule has 2 heterocycles. The van der Waals surface area contributed by atoms with Gasteiger partial charge in [-0.25, -0.2) is 9.98 Å². The lowest BCUT2D eigenvalue weighted by molar-refractivity contribution is 0.0203. The molecular formula is C22H36N4O3. The molecule has 1 saturated heterocycles. The molecule has 0 amide bonds. The van der Waals surface area contributed by atoms with Crippen LogP contribution in [0.2, 0.25) is 0 Å². The van der Waals surface area contributed by atoms with E-state index in [1.807, 2.05) is 18.3 Å². The van der Waals surface area contributed by atoms with E-state index in [9.17, 15) is 0 Å². The van der Waals surface area contributed by atoms with Crippen LogP contribution in [0.1, 0.15) is 44.6 Å². The summed E-state index contributed by atoms with van der Waals surface area (Å²) in [5.41, 5.74) is 1.07. The molecule has 2 N–H and O–H groups in total. The number of nitrogens with zero attached hydrogens (tertiary/aromatic N) is 2. The highest BCUT2D eigenvalue weighted by Gasteiger charge is 2.22. The first-order chi connectivity index (χ1) is 14.3. The maximum Gasteiger partial charge on any atom is 0.213 e. The van der Waals surface area contributed by atoms with Crippen molar-refractivity contribution < 1.29 is 14.2 Å². The summed E-state index contributed by atoms with van der Waals surface area (Å²) in [6.07, 6.45) is 7.63. The summed E-state index contributed by atoms with van der Waals surface area (Å²) in [5, 5.41) is 6.66. The topological polar surface area (TPSA) is 77.0 Å². The molecule has 2 aliphatic rings. The van der Waals surface area contributed by atoms with Crippen LogP contribution in [-0.4, -0.2) is 57.1 Å². The van der Waals surface area contributed by atoms with Gasteiger partial charge in [-0.15, -0.1) is 0 Å². The summed E-state index contributed by atoms with van der Waals surface area (Å²) >= 11 is 0. The Kier molecular flexibility index (Phi) is 9.53. The fraction of sp³-hybridized carbons (Fsp3) is 0.727. The standard InChI is InChI=1S/C22H36N4O3/c1-2-23-22(24-10-3-11-28-16-19-8-12-27-13-9-19)26-15-20-6-7-21(25-14-20)29-17-18-4-5-18/h6-7,14,18-19H,2-5,8-13,15-17H2,1H3,(H2,23,24,26). The minimum absolute atomic E-state index is 0.589. The van der Waals surface area contributed by atoms with Crippen molar-refractivity contribution in [2.75, 3.05) is 46.1 Å². The van der Waals surface area contributed by atoms with E-state index in [2.05, 4.69) is 27.5 Å².